The van der Waals surface area contributed by atoms with Crippen LogP contribution < -0.4 is 25.8 Å². The topological polar surface area (TPSA) is 116 Å². The predicted octanol–water partition coefficient (Wildman–Crippen LogP) is 3.99. The third-order valence-electron chi connectivity index (χ3n) is 6.31. The molecule has 5 rings (SSSR count). The minimum Gasteiger partial charge on any atom is -0.395 e. The quantitative estimate of drug-likeness (QED) is 0.406. The highest BCUT2D eigenvalue weighted by molar-refractivity contribution is 6.01. The first-order valence-electron chi connectivity index (χ1n) is 11.8. The van der Waals surface area contributed by atoms with Crippen molar-refractivity contribution in [2.45, 2.75) is 31.5 Å². The number of aromatic nitrogens is 1. The molecule has 38 heavy (non-hydrogen) atoms. The highest BCUT2D eigenvalue weighted by Gasteiger charge is 2.53. The lowest BCUT2D eigenvalue weighted by molar-refractivity contribution is -0.286. The van der Waals surface area contributed by atoms with Crippen molar-refractivity contribution < 1.29 is 27.8 Å². The minimum absolute atomic E-state index is 0.0660. The maximum atomic E-state index is 13.4. The van der Waals surface area contributed by atoms with Crippen molar-refractivity contribution in [3.05, 3.63) is 71.3 Å². The van der Waals surface area contributed by atoms with E-state index < -0.39 is 11.7 Å². The zero-order valence-electron chi connectivity index (χ0n) is 20.6. The van der Waals surface area contributed by atoms with Crippen LogP contribution in [0, 0.1) is 19.8 Å². The Labute approximate surface area is 218 Å². The van der Waals surface area contributed by atoms with Gasteiger partial charge in [-0.1, -0.05) is 24.3 Å². The van der Waals surface area contributed by atoms with Crippen LogP contribution in [-0.2, 0) is 10.2 Å². The molecule has 2 aliphatic rings. The Kier molecular flexibility index (Phi) is 7.32. The lowest BCUT2D eigenvalue weighted by Gasteiger charge is -2.17. The highest BCUT2D eigenvalue weighted by atomic mass is 19.3. The van der Waals surface area contributed by atoms with E-state index in [0.717, 1.165) is 11.1 Å². The van der Waals surface area contributed by atoms with Gasteiger partial charge in [-0.25, -0.2) is 4.98 Å². The largest absolute Gasteiger partial charge is 0.586 e. The van der Waals surface area contributed by atoms with E-state index >= 15 is 0 Å². The molecule has 2 amide bonds. The van der Waals surface area contributed by atoms with Gasteiger partial charge in [0.2, 0.25) is 5.91 Å². The van der Waals surface area contributed by atoms with E-state index in [1.165, 1.54) is 12.1 Å². The Morgan fingerprint density at radius 1 is 1.05 bits per heavy atom. The molecule has 2 heterocycles. The van der Waals surface area contributed by atoms with Gasteiger partial charge >= 0.3 is 6.29 Å². The number of terminal acetylenes is 1. The van der Waals surface area contributed by atoms with Crippen LogP contribution in [0.25, 0.3) is 11.3 Å². The molecule has 0 atom stereocenters. The van der Waals surface area contributed by atoms with Crippen LogP contribution in [0.2, 0.25) is 0 Å². The number of rotatable bonds is 7. The molecule has 0 saturated heterocycles. The third kappa shape index (κ3) is 5.28. The van der Waals surface area contributed by atoms with Gasteiger partial charge in [-0.15, -0.1) is 21.6 Å². The van der Waals surface area contributed by atoms with Gasteiger partial charge in [-0.2, -0.15) is 0 Å². The van der Waals surface area contributed by atoms with Gasteiger partial charge in [0.15, 0.2) is 11.5 Å². The highest BCUT2D eigenvalue weighted by Crippen LogP contribution is 2.52. The fourth-order valence-electron chi connectivity index (χ4n) is 4.24. The van der Waals surface area contributed by atoms with Crippen LogP contribution in [-0.4, -0.2) is 36.2 Å². The van der Waals surface area contributed by atoms with Gasteiger partial charge in [0.1, 0.15) is 5.82 Å². The summed E-state index contributed by atoms with van der Waals surface area (Å²) in [4.78, 5) is 30.2. The number of carbonyl (C=O) groups is 2. The first-order valence-corrected chi connectivity index (χ1v) is 11.8. The number of halogens is 2. The number of carbonyl (C=O) groups excluding carboxylic acids is 2. The predicted molar refractivity (Wildman–Crippen MR) is 138 cm³/mol. The molecule has 0 radical (unpaired) electrons. The molecule has 0 bridgehead atoms. The van der Waals surface area contributed by atoms with E-state index in [4.69, 9.17) is 5.73 Å². The molecule has 2 aromatic carbocycles. The van der Waals surface area contributed by atoms with Crippen LogP contribution in [0.3, 0.4) is 0 Å². The van der Waals surface area contributed by atoms with Crippen LogP contribution in [0.1, 0.15) is 34.3 Å². The van der Waals surface area contributed by atoms with Crippen molar-refractivity contribution in [2.24, 2.45) is 5.73 Å². The average Bonchev–Trinajstić information content (AvgIpc) is 3.66. The van der Waals surface area contributed by atoms with Gasteiger partial charge in [-0.05, 0) is 61.2 Å². The van der Waals surface area contributed by atoms with Gasteiger partial charge in [-0.3, -0.25) is 9.59 Å². The van der Waals surface area contributed by atoms with Gasteiger partial charge in [0.05, 0.1) is 11.1 Å². The summed E-state index contributed by atoms with van der Waals surface area (Å²) in [5.41, 5.74) is 7.86. The number of ether oxygens (including phenoxy) is 2. The maximum absolute atomic E-state index is 13.4. The summed E-state index contributed by atoms with van der Waals surface area (Å²) < 4.78 is 35.8. The SMILES string of the molecule is C#C.Cc1ccc(NC(=O)C2(c3ccc4c(c3)OC(F)(F)O4)CC2)nc1-c1cccc(C(=O)NCCN)c1. The lowest BCUT2D eigenvalue weighted by atomic mass is 9.94. The summed E-state index contributed by atoms with van der Waals surface area (Å²) in [6.07, 6.45) is 5.41. The Morgan fingerprint density at radius 2 is 1.79 bits per heavy atom. The molecule has 196 valence electrons. The normalized spacial score (nSPS) is 15.5. The fourth-order valence-corrected chi connectivity index (χ4v) is 4.24. The molecule has 1 fully saturated rings. The van der Waals surface area contributed by atoms with Crippen LogP contribution >= 0.6 is 0 Å². The van der Waals surface area contributed by atoms with E-state index in [9.17, 15) is 18.4 Å². The second-order valence-electron chi connectivity index (χ2n) is 8.85. The number of hydrogen-bond donors (Lipinski definition) is 3. The number of hydrogen-bond acceptors (Lipinski definition) is 6. The number of nitrogens with two attached hydrogens (primary N) is 1. The molecule has 10 heteroatoms. The first-order chi connectivity index (χ1) is 18.2. The van der Waals surface area contributed by atoms with Crippen molar-refractivity contribution in [1.29, 1.82) is 0 Å². The van der Waals surface area contributed by atoms with Crippen molar-refractivity contribution in [2.75, 3.05) is 18.4 Å². The summed E-state index contributed by atoms with van der Waals surface area (Å²) in [5, 5.41) is 5.61. The molecule has 1 aliphatic heterocycles. The standard InChI is InChI=1S/C26H24F2N4O4.C2H2/c1-15-5-8-21(31-22(15)16-3-2-4-17(13-16)23(33)30-12-11-29)32-24(34)25(9-10-25)18-6-7-19-20(14-18)36-26(27,28)35-19;1-2/h2-8,13-14H,9-12,29H2,1H3,(H,30,33)(H,31,32,34);1-2H. The van der Waals surface area contributed by atoms with Crippen LogP contribution in [0.15, 0.2) is 54.6 Å². The first kappa shape index (κ1) is 26.6. The minimum atomic E-state index is -3.72. The number of amides is 2. The molecule has 1 aromatic heterocycles. The van der Waals surface area contributed by atoms with Crippen molar-refractivity contribution in [3.63, 3.8) is 0 Å². The number of benzene rings is 2. The second-order valence-corrected chi connectivity index (χ2v) is 8.85. The van der Waals surface area contributed by atoms with Crippen LogP contribution in [0.4, 0.5) is 14.6 Å². The summed E-state index contributed by atoms with van der Waals surface area (Å²) in [6, 6.07) is 15.0. The van der Waals surface area contributed by atoms with Gasteiger partial charge in [0.25, 0.3) is 5.91 Å². The monoisotopic (exact) mass is 520 g/mol. The molecular formula is C28H26F2N4O4. The number of aryl methyl sites for hydroxylation is 1. The number of nitrogens with zero attached hydrogens (tertiary/aromatic N) is 1. The molecule has 3 aromatic rings. The van der Waals surface area contributed by atoms with E-state index in [1.54, 1.807) is 30.3 Å². The molecule has 1 saturated carbocycles. The summed E-state index contributed by atoms with van der Waals surface area (Å²) in [6.45, 7) is 2.60. The summed E-state index contributed by atoms with van der Waals surface area (Å²) in [7, 11) is 0. The summed E-state index contributed by atoms with van der Waals surface area (Å²) >= 11 is 0. The smallest absolute Gasteiger partial charge is 0.395 e. The number of pyridine rings is 1. The van der Waals surface area contributed by atoms with Crippen molar-refractivity contribution in [1.82, 2.24) is 10.3 Å². The molecule has 1 aliphatic carbocycles. The van der Waals surface area contributed by atoms with E-state index in [0.29, 0.717) is 48.6 Å². The lowest BCUT2D eigenvalue weighted by Crippen LogP contribution is -2.29. The van der Waals surface area contributed by atoms with Gasteiger partial charge in [0, 0.05) is 24.2 Å². The molecular weight excluding hydrogens is 494 g/mol. The van der Waals surface area contributed by atoms with Crippen molar-refractivity contribution >= 4 is 17.6 Å². The Bertz CT molecular complexity index is 1400. The molecule has 8 nitrogen and oxygen atoms in total. The van der Waals surface area contributed by atoms with Crippen LogP contribution in [0.5, 0.6) is 11.5 Å². The zero-order chi connectivity index (χ0) is 27.5. The van der Waals surface area contributed by atoms with E-state index in [-0.39, 0.29) is 23.3 Å². The number of nitrogens with one attached hydrogen (secondary N) is 2. The Balaban J connectivity index is 0.00000164. The van der Waals surface area contributed by atoms with E-state index in [1.807, 2.05) is 19.1 Å². The molecule has 0 unspecified atom stereocenters. The Morgan fingerprint density at radius 3 is 2.50 bits per heavy atom. The number of alkyl halides is 2. The fraction of sp³-hybridized carbons (Fsp3) is 0.250. The average molecular weight is 521 g/mol. The van der Waals surface area contributed by atoms with Crippen molar-refractivity contribution in [3.8, 4) is 35.6 Å². The van der Waals surface area contributed by atoms with Gasteiger partial charge < -0.3 is 25.8 Å². The third-order valence-corrected chi connectivity index (χ3v) is 6.31. The number of anilines is 1. The second kappa shape index (κ2) is 10.5. The zero-order valence-corrected chi connectivity index (χ0v) is 20.6. The number of fused-ring (bicyclic) bond motifs is 1. The van der Waals surface area contributed by atoms with E-state index in [2.05, 4.69) is 37.9 Å². The molecule has 4 N–H and O–H groups in total. The summed E-state index contributed by atoms with van der Waals surface area (Å²) in [5.74, 6) is -0.338. The Hall–Kier alpha value is -4.49. The molecule has 0 spiro atoms. The maximum Gasteiger partial charge on any atom is 0.586 e.